The van der Waals surface area contributed by atoms with E-state index in [-0.39, 0.29) is 17.5 Å². The lowest BCUT2D eigenvalue weighted by Gasteiger charge is -2.21. The van der Waals surface area contributed by atoms with Gasteiger partial charge in [-0.25, -0.2) is 0 Å². The SMILES string of the molecule is CCN(CC)c1ccc(NC(=O)c2cc(C(=O)NCCCN(C)C)ccn2)cc1. The molecular formula is C22H31N5O2. The van der Waals surface area contributed by atoms with E-state index in [1.54, 1.807) is 6.07 Å². The van der Waals surface area contributed by atoms with Crippen molar-refractivity contribution in [3.63, 3.8) is 0 Å². The number of hydrogen-bond acceptors (Lipinski definition) is 5. The van der Waals surface area contributed by atoms with Gasteiger partial charge in [0.25, 0.3) is 11.8 Å². The Morgan fingerprint density at radius 2 is 1.69 bits per heavy atom. The number of carbonyl (C=O) groups is 2. The molecular weight excluding hydrogens is 366 g/mol. The normalized spacial score (nSPS) is 10.7. The molecule has 0 aliphatic heterocycles. The molecule has 1 aromatic heterocycles. The zero-order valence-corrected chi connectivity index (χ0v) is 17.7. The van der Waals surface area contributed by atoms with E-state index < -0.39 is 0 Å². The van der Waals surface area contributed by atoms with Gasteiger partial charge in [0.05, 0.1) is 0 Å². The van der Waals surface area contributed by atoms with Crippen molar-refractivity contribution in [2.75, 3.05) is 50.5 Å². The number of anilines is 2. The van der Waals surface area contributed by atoms with Gasteiger partial charge in [-0.05, 0) is 77.3 Å². The second kappa shape index (κ2) is 11.2. The Morgan fingerprint density at radius 3 is 2.31 bits per heavy atom. The number of pyridine rings is 1. The van der Waals surface area contributed by atoms with Crippen molar-refractivity contribution in [3.05, 3.63) is 53.9 Å². The molecule has 0 aliphatic rings. The number of carbonyl (C=O) groups excluding carboxylic acids is 2. The van der Waals surface area contributed by atoms with E-state index in [2.05, 4.69) is 39.3 Å². The van der Waals surface area contributed by atoms with E-state index >= 15 is 0 Å². The molecule has 0 saturated heterocycles. The van der Waals surface area contributed by atoms with Crippen molar-refractivity contribution in [2.45, 2.75) is 20.3 Å². The molecule has 7 nitrogen and oxygen atoms in total. The highest BCUT2D eigenvalue weighted by molar-refractivity contribution is 6.04. The number of hydrogen-bond donors (Lipinski definition) is 2. The van der Waals surface area contributed by atoms with Crippen LogP contribution in [-0.4, -0.2) is 62.0 Å². The lowest BCUT2D eigenvalue weighted by molar-refractivity contribution is 0.0952. The Labute approximate surface area is 173 Å². The average Bonchev–Trinajstić information content (AvgIpc) is 2.73. The molecule has 1 heterocycles. The van der Waals surface area contributed by atoms with Crippen LogP contribution in [0.5, 0.6) is 0 Å². The van der Waals surface area contributed by atoms with Gasteiger partial charge in [0, 0.05) is 42.8 Å². The predicted molar refractivity (Wildman–Crippen MR) is 118 cm³/mol. The van der Waals surface area contributed by atoms with Crippen molar-refractivity contribution in [1.29, 1.82) is 0 Å². The van der Waals surface area contributed by atoms with Crippen LogP contribution in [0.25, 0.3) is 0 Å². The fraction of sp³-hybridized carbons (Fsp3) is 0.409. The zero-order valence-electron chi connectivity index (χ0n) is 17.7. The Balaban J connectivity index is 1.97. The summed E-state index contributed by atoms with van der Waals surface area (Å²) in [5.41, 5.74) is 2.43. The molecule has 0 saturated carbocycles. The molecule has 0 fully saturated rings. The summed E-state index contributed by atoms with van der Waals surface area (Å²) >= 11 is 0. The van der Waals surface area contributed by atoms with E-state index in [1.807, 2.05) is 38.4 Å². The van der Waals surface area contributed by atoms with Gasteiger partial charge in [0.15, 0.2) is 0 Å². The number of nitrogens with one attached hydrogen (secondary N) is 2. The van der Waals surface area contributed by atoms with Crippen LogP contribution in [0.4, 0.5) is 11.4 Å². The molecule has 0 radical (unpaired) electrons. The quantitative estimate of drug-likeness (QED) is 0.603. The molecule has 29 heavy (non-hydrogen) atoms. The van der Waals surface area contributed by atoms with Crippen LogP contribution in [0.15, 0.2) is 42.6 Å². The van der Waals surface area contributed by atoms with Gasteiger partial charge in [-0.3, -0.25) is 14.6 Å². The smallest absolute Gasteiger partial charge is 0.274 e. The van der Waals surface area contributed by atoms with Gasteiger partial charge in [0.2, 0.25) is 0 Å². The van der Waals surface area contributed by atoms with Crippen molar-refractivity contribution < 1.29 is 9.59 Å². The van der Waals surface area contributed by atoms with Crippen molar-refractivity contribution in [3.8, 4) is 0 Å². The molecule has 0 aliphatic carbocycles. The molecule has 0 unspecified atom stereocenters. The number of benzene rings is 1. The van der Waals surface area contributed by atoms with E-state index in [4.69, 9.17) is 0 Å². The minimum Gasteiger partial charge on any atom is -0.372 e. The van der Waals surface area contributed by atoms with Gasteiger partial charge in [0.1, 0.15) is 5.69 Å². The molecule has 2 amide bonds. The lowest BCUT2D eigenvalue weighted by Crippen LogP contribution is -2.27. The monoisotopic (exact) mass is 397 g/mol. The topological polar surface area (TPSA) is 77.6 Å². The van der Waals surface area contributed by atoms with E-state index in [0.717, 1.165) is 31.7 Å². The third kappa shape index (κ3) is 6.87. The minimum atomic E-state index is -0.345. The van der Waals surface area contributed by atoms with Gasteiger partial charge in [-0.1, -0.05) is 0 Å². The standard InChI is InChI=1S/C22H31N5O2/c1-5-27(6-2)19-10-8-18(9-11-19)25-22(29)20-16-17(12-14-23-20)21(28)24-13-7-15-26(3)4/h8-12,14,16H,5-7,13,15H2,1-4H3,(H,24,28)(H,25,29). The first-order valence-electron chi connectivity index (χ1n) is 10.00. The Hall–Kier alpha value is -2.93. The van der Waals surface area contributed by atoms with Crippen LogP contribution in [-0.2, 0) is 0 Å². The summed E-state index contributed by atoms with van der Waals surface area (Å²) in [6, 6.07) is 10.8. The van der Waals surface area contributed by atoms with Crippen LogP contribution in [0.1, 0.15) is 41.1 Å². The first-order chi connectivity index (χ1) is 13.9. The van der Waals surface area contributed by atoms with Gasteiger partial charge in [-0.2, -0.15) is 0 Å². The van der Waals surface area contributed by atoms with Crippen LogP contribution in [0, 0.1) is 0 Å². The highest BCUT2D eigenvalue weighted by Gasteiger charge is 2.12. The molecule has 0 atom stereocenters. The fourth-order valence-corrected chi connectivity index (χ4v) is 2.93. The third-order valence-corrected chi connectivity index (χ3v) is 4.58. The highest BCUT2D eigenvalue weighted by atomic mass is 16.2. The van der Waals surface area contributed by atoms with Gasteiger partial charge < -0.3 is 20.4 Å². The lowest BCUT2D eigenvalue weighted by atomic mass is 10.2. The third-order valence-electron chi connectivity index (χ3n) is 4.58. The number of amides is 2. The maximum atomic E-state index is 12.5. The molecule has 1 aromatic carbocycles. The number of nitrogens with zero attached hydrogens (tertiary/aromatic N) is 3. The Bertz CT molecular complexity index is 801. The summed E-state index contributed by atoms with van der Waals surface area (Å²) in [5, 5.41) is 5.70. The molecule has 156 valence electrons. The van der Waals surface area contributed by atoms with Crippen molar-refractivity contribution in [2.24, 2.45) is 0 Å². The van der Waals surface area contributed by atoms with Crippen molar-refractivity contribution in [1.82, 2.24) is 15.2 Å². The number of aromatic nitrogens is 1. The number of rotatable bonds is 10. The summed E-state index contributed by atoms with van der Waals surface area (Å²) in [6.07, 6.45) is 2.34. The molecule has 7 heteroatoms. The molecule has 2 aromatic rings. The Kier molecular flexibility index (Phi) is 8.61. The van der Waals surface area contributed by atoms with E-state index in [9.17, 15) is 9.59 Å². The van der Waals surface area contributed by atoms with Crippen LogP contribution in [0.2, 0.25) is 0 Å². The van der Waals surface area contributed by atoms with Crippen LogP contribution < -0.4 is 15.5 Å². The summed E-state index contributed by atoms with van der Waals surface area (Å²) in [6.45, 7) is 7.55. The maximum Gasteiger partial charge on any atom is 0.274 e. The second-order valence-corrected chi connectivity index (χ2v) is 7.02. The molecule has 2 rings (SSSR count). The summed E-state index contributed by atoms with van der Waals surface area (Å²) < 4.78 is 0. The zero-order chi connectivity index (χ0) is 21.2. The van der Waals surface area contributed by atoms with E-state index in [1.165, 1.54) is 12.3 Å². The van der Waals surface area contributed by atoms with Gasteiger partial charge in [-0.15, -0.1) is 0 Å². The molecule has 0 spiro atoms. The van der Waals surface area contributed by atoms with Crippen LogP contribution >= 0.6 is 0 Å². The minimum absolute atomic E-state index is 0.205. The highest BCUT2D eigenvalue weighted by Crippen LogP contribution is 2.18. The summed E-state index contributed by atoms with van der Waals surface area (Å²) in [7, 11) is 3.99. The summed E-state index contributed by atoms with van der Waals surface area (Å²) in [4.78, 5) is 33.2. The second-order valence-electron chi connectivity index (χ2n) is 7.02. The fourth-order valence-electron chi connectivity index (χ4n) is 2.93. The average molecular weight is 398 g/mol. The molecule has 0 bridgehead atoms. The summed E-state index contributed by atoms with van der Waals surface area (Å²) in [5.74, 6) is -0.549. The van der Waals surface area contributed by atoms with E-state index in [0.29, 0.717) is 17.8 Å². The largest absolute Gasteiger partial charge is 0.372 e. The predicted octanol–water partition coefficient (Wildman–Crippen LogP) is 2.86. The van der Waals surface area contributed by atoms with Gasteiger partial charge >= 0.3 is 0 Å². The van der Waals surface area contributed by atoms with Crippen LogP contribution in [0.3, 0.4) is 0 Å². The Morgan fingerprint density at radius 1 is 1.00 bits per heavy atom. The van der Waals surface area contributed by atoms with Crippen molar-refractivity contribution >= 4 is 23.2 Å². The molecule has 2 N–H and O–H groups in total. The first kappa shape index (κ1) is 22.4. The first-order valence-corrected chi connectivity index (χ1v) is 10.00. The maximum absolute atomic E-state index is 12.5.